The van der Waals surface area contributed by atoms with Crippen LogP contribution >= 0.6 is 0 Å². The van der Waals surface area contributed by atoms with Gasteiger partial charge in [-0.1, -0.05) is 18.2 Å². The molecule has 1 aliphatic heterocycles. The maximum atomic E-state index is 12.4. The molecule has 17 heavy (non-hydrogen) atoms. The summed E-state index contributed by atoms with van der Waals surface area (Å²) in [5.41, 5.74) is 2.94. The summed E-state index contributed by atoms with van der Waals surface area (Å²) in [7, 11) is 0. The highest BCUT2D eigenvalue weighted by Crippen LogP contribution is 2.32. The summed E-state index contributed by atoms with van der Waals surface area (Å²) < 4.78 is 0. The fraction of sp³-hybridized carbons (Fsp3) is 0.214. The molecule has 86 valence electrons. The molecule has 0 saturated carbocycles. The zero-order chi connectivity index (χ0) is 11.8. The van der Waals surface area contributed by atoms with Crippen LogP contribution in [0.2, 0.25) is 0 Å². The maximum absolute atomic E-state index is 12.4. The zero-order valence-corrected chi connectivity index (χ0v) is 9.68. The van der Waals surface area contributed by atoms with Gasteiger partial charge in [-0.05, 0) is 37.1 Å². The molecule has 1 aliphatic rings. The van der Waals surface area contributed by atoms with Crippen molar-refractivity contribution in [2.24, 2.45) is 0 Å². The number of rotatable bonds is 1. The van der Waals surface area contributed by atoms with Crippen molar-refractivity contribution in [2.75, 3.05) is 4.90 Å². The number of nitrogens with one attached hydrogen (secondary N) is 1. The number of amides is 1. The molecule has 0 radical (unpaired) electrons. The second kappa shape index (κ2) is 3.77. The van der Waals surface area contributed by atoms with Gasteiger partial charge in [-0.15, -0.1) is 0 Å². The lowest BCUT2D eigenvalue weighted by Gasteiger charge is -2.21. The Balaban J connectivity index is 2.01. The van der Waals surface area contributed by atoms with Gasteiger partial charge in [0.1, 0.15) is 5.69 Å². The molecular formula is C14H14N2O. The van der Waals surface area contributed by atoms with E-state index in [-0.39, 0.29) is 11.9 Å². The summed E-state index contributed by atoms with van der Waals surface area (Å²) in [6.07, 6.45) is 2.71. The number of carbonyl (C=O) groups is 1. The largest absolute Gasteiger partial charge is 0.357 e. The average Bonchev–Trinajstić information content (AvgIpc) is 2.94. The highest BCUT2D eigenvalue weighted by Gasteiger charge is 2.31. The molecule has 1 N–H and O–H groups in total. The first-order chi connectivity index (χ1) is 8.27. The fourth-order valence-corrected chi connectivity index (χ4v) is 2.47. The van der Waals surface area contributed by atoms with E-state index in [4.69, 9.17) is 0 Å². The number of para-hydroxylation sites is 1. The van der Waals surface area contributed by atoms with Crippen LogP contribution in [0.15, 0.2) is 42.6 Å². The van der Waals surface area contributed by atoms with Crippen LogP contribution in [-0.4, -0.2) is 16.9 Å². The smallest absolute Gasteiger partial charge is 0.274 e. The third-order valence-electron chi connectivity index (χ3n) is 3.25. The third kappa shape index (κ3) is 1.55. The quantitative estimate of drug-likeness (QED) is 0.797. The highest BCUT2D eigenvalue weighted by atomic mass is 16.2. The molecule has 0 spiro atoms. The SMILES string of the molecule is CC1Cc2ccccc2N1C(=O)c1ccc[nH]1. The van der Waals surface area contributed by atoms with Crippen molar-refractivity contribution in [3.63, 3.8) is 0 Å². The van der Waals surface area contributed by atoms with Crippen LogP contribution in [0.3, 0.4) is 0 Å². The Kier molecular flexibility index (Phi) is 2.25. The molecule has 3 rings (SSSR count). The minimum Gasteiger partial charge on any atom is -0.357 e. The number of hydrogen-bond acceptors (Lipinski definition) is 1. The molecule has 1 aromatic carbocycles. The Hall–Kier alpha value is -2.03. The highest BCUT2D eigenvalue weighted by molar-refractivity contribution is 6.06. The predicted octanol–water partition coefficient (Wildman–Crippen LogP) is 2.61. The van der Waals surface area contributed by atoms with E-state index < -0.39 is 0 Å². The summed E-state index contributed by atoms with van der Waals surface area (Å²) in [5, 5.41) is 0. The van der Waals surface area contributed by atoms with Gasteiger partial charge in [-0.25, -0.2) is 0 Å². The topological polar surface area (TPSA) is 36.1 Å². The van der Waals surface area contributed by atoms with Crippen molar-refractivity contribution in [3.05, 3.63) is 53.9 Å². The van der Waals surface area contributed by atoms with Crippen molar-refractivity contribution in [1.29, 1.82) is 0 Å². The lowest BCUT2D eigenvalue weighted by Crippen LogP contribution is -2.35. The van der Waals surface area contributed by atoms with Gasteiger partial charge in [0.2, 0.25) is 0 Å². The first-order valence-electron chi connectivity index (χ1n) is 5.82. The standard InChI is InChI=1S/C14H14N2O/c1-10-9-11-5-2-3-7-13(11)16(10)14(17)12-6-4-8-15-12/h2-8,10,15H,9H2,1H3. The number of anilines is 1. The Bertz CT molecular complexity index is 545. The summed E-state index contributed by atoms with van der Waals surface area (Å²) in [6, 6.07) is 12.0. The molecule has 0 fully saturated rings. The average molecular weight is 226 g/mol. The van der Waals surface area contributed by atoms with E-state index in [2.05, 4.69) is 18.0 Å². The summed E-state index contributed by atoms with van der Waals surface area (Å²) in [4.78, 5) is 17.2. The Morgan fingerprint density at radius 2 is 2.12 bits per heavy atom. The lowest BCUT2D eigenvalue weighted by atomic mass is 10.1. The van der Waals surface area contributed by atoms with Crippen LogP contribution in [0, 0.1) is 0 Å². The Labute approximate surface area is 100 Å². The van der Waals surface area contributed by atoms with Gasteiger partial charge in [-0.3, -0.25) is 4.79 Å². The normalized spacial score (nSPS) is 18.2. The molecule has 1 aromatic heterocycles. The van der Waals surface area contributed by atoms with Crippen LogP contribution in [-0.2, 0) is 6.42 Å². The van der Waals surface area contributed by atoms with Gasteiger partial charge in [-0.2, -0.15) is 0 Å². The minimum absolute atomic E-state index is 0.0486. The van der Waals surface area contributed by atoms with E-state index in [1.54, 1.807) is 6.20 Å². The van der Waals surface area contributed by atoms with E-state index in [1.165, 1.54) is 5.56 Å². The van der Waals surface area contributed by atoms with Crippen molar-refractivity contribution in [2.45, 2.75) is 19.4 Å². The van der Waals surface area contributed by atoms with E-state index >= 15 is 0 Å². The second-order valence-electron chi connectivity index (χ2n) is 4.44. The van der Waals surface area contributed by atoms with Crippen LogP contribution in [0.5, 0.6) is 0 Å². The van der Waals surface area contributed by atoms with Crippen molar-refractivity contribution >= 4 is 11.6 Å². The van der Waals surface area contributed by atoms with Gasteiger partial charge in [0, 0.05) is 17.9 Å². The first kappa shape index (κ1) is 10.1. The van der Waals surface area contributed by atoms with Crippen molar-refractivity contribution in [1.82, 2.24) is 4.98 Å². The van der Waals surface area contributed by atoms with E-state index in [1.807, 2.05) is 35.2 Å². The number of aromatic nitrogens is 1. The molecule has 1 amide bonds. The maximum Gasteiger partial charge on any atom is 0.274 e. The predicted molar refractivity (Wildman–Crippen MR) is 67.2 cm³/mol. The molecular weight excluding hydrogens is 212 g/mol. The fourth-order valence-electron chi connectivity index (χ4n) is 2.47. The third-order valence-corrected chi connectivity index (χ3v) is 3.25. The van der Waals surface area contributed by atoms with Crippen LogP contribution < -0.4 is 4.90 Å². The second-order valence-corrected chi connectivity index (χ2v) is 4.44. The van der Waals surface area contributed by atoms with Gasteiger partial charge >= 0.3 is 0 Å². The Morgan fingerprint density at radius 1 is 1.29 bits per heavy atom. The number of H-pyrrole nitrogens is 1. The molecule has 2 heterocycles. The van der Waals surface area contributed by atoms with Gasteiger partial charge < -0.3 is 9.88 Å². The molecule has 1 unspecified atom stereocenters. The minimum atomic E-state index is 0.0486. The van der Waals surface area contributed by atoms with Crippen LogP contribution in [0.25, 0.3) is 0 Å². The van der Waals surface area contributed by atoms with Crippen molar-refractivity contribution in [3.8, 4) is 0 Å². The lowest BCUT2D eigenvalue weighted by molar-refractivity contribution is 0.0977. The number of aromatic amines is 1. The monoisotopic (exact) mass is 226 g/mol. The van der Waals surface area contributed by atoms with Gasteiger partial charge in [0.05, 0.1) is 0 Å². The number of hydrogen-bond donors (Lipinski definition) is 1. The first-order valence-corrected chi connectivity index (χ1v) is 5.82. The number of nitrogens with zero attached hydrogens (tertiary/aromatic N) is 1. The molecule has 3 nitrogen and oxygen atoms in total. The van der Waals surface area contributed by atoms with Crippen LogP contribution in [0.1, 0.15) is 23.0 Å². The van der Waals surface area contributed by atoms with Crippen molar-refractivity contribution < 1.29 is 4.79 Å². The zero-order valence-electron chi connectivity index (χ0n) is 9.68. The molecule has 1 atom stereocenters. The van der Waals surface area contributed by atoms with Crippen LogP contribution in [0.4, 0.5) is 5.69 Å². The molecule has 0 saturated heterocycles. The molecule has 0 aliphatic carbocycles. The van der Waals surface area contributed by atoms with E-state index in [0.717, 1.165) is 12.1 Å². The van der Waals surface area contributed by atoms with E-state index in [9.17, 15) is 4.79 Å². The van der Waals surface area contributed by atoms with Gasteiger partial charge in [0.15, 0.2) is 0 Å². The molecule has 0 bridgehead atoms. The molecule has 3 heteroatoms. The van der Waals surface area contributed by atoms with E-state index in [0.29, 0.717) is 5.69 Å². The number of fused-ring (bicyclic) bond motifs is 1. The number of carbonyl (C=O) groups excluding carboxylic acids is 1. The molecule has 2 aromatic rings. The summed E-state index contributed by atoms with van der Waals surface area (Å²) in [6.45, 7) is 2.08. The Morgan fingerprint density at radius 3 is 2.88 bits per heavy atom. The summed E-state index contributed by atoms with van der Waals surface area (Å²) in [5.74, 6) is 0.0486. The summed E-state index contributed by atoms with van der Waals surface area (Å²) >= 11 is 0. The van der Waals surface area contributed by atoms with Gasteiger partial charge in [0.25, 0.3) is 5.91 Å². The number of benzene rings is 1.